The van der Waals surface area contributed by atoms with Crippen LogP contribution in [0.1, 0.15) is 24.3 Å². The second-order valence-corrected chi connectivity index (χ2v) is 9.48. The fraction of sp³-hybridized carbons (Fsp3) is 0.400. The summed E-state index contributed by atoms with van der Waals surface area (Å²) in [4.78, 5) is 12.9. The summed E-state index contributed by atoms with van der Waals surface area (Å²) in [5, 5.41) is 3.97. The van der Waals surface area contributed by atoms with E-state index in [9.17, 15) is 8.42 Å². The van der Waals surface area contributed by atoms with Crippen molar-refractivity contribution in [2.24, 2.45) is 5.92 Å². The van der Waals surface area contributed by atoms with Crippen molar-refractivity contribution in [3.63, 3.8) is 0 Å². The lowest BCUT2D eigenvalue weighted by Crippen LogP contribution is -2.40. The van der Waals surface area contributed by atoms with Crippen LogP contribution < -0.4 is 4.74 Å². The summed E-state index contributed by atoms with van der Waals surface area (Å²) in [5.74, 6) is 1.76. The molecule has 0 aliphatic carbocycles. The first-order chi connectivity index (χ1) is 14.6. The van der Waals surface area contributed by atoms with E-state index in [0.717, 1.165) is 30.6 Å². The van der Waals surface area contributed by atoms with E-state index in [-0.39, 0.29) is 5.92 Å². The highest BCUT2D eigenvalue weighted by Crippen LogP contribution is 2.31. The lowest BCUT2D eigenvalue weighted by Gasteiger charge is -2.31. The normalized spacial score (nSPS) is 19.4. The van der Waals surface area contributed by atoms with Crippen molar-refractivity contribution >= 4 is 10.0 Å². The third-order valence-electron chi connectivity index (χ3n) is 5.50. The summed E-state index contributed by atoms with van der Waals surface area (Å²) in [6, 6.07) is 5.13. The van der Waals surface area contributed by atoms with Gasteiger partial charge in [0.2, 0.25) is 21.7 Å². The first-order valence-corrected chi connectivity index (χ1v) is 11.4. The van der Waals surface area contributed by atoms with Crippen LogP contribution in [0.4, 0.5) is 0 Å². The molecule has 0 radical (unpaired) electrons. The molecule has 0 N–H and O–H groups in total. The van der Waals surface area contributed by atoms with Gasteiger partial charge in [0.25, 0.3) is 0 Å². The molecule has 30 heavy (non-hydrogen) atoms. The van der Waals surface area contributed by atoms with Crippen LogP contribution in [-0.2, 0) is 22.9 Å². The van der Waals surface area contributed by atoms with Gasteiger partial charge in [0.15, 0.2) is 0 Å². The average molecular weight is 427 g/mol. The average Bonchev–Trinajstić information content (AvgIpc) is 3.43. The molecule has 2 aliphatic heterocycles. The summed E-state index contributed by atoms with van der Waals surface area (Å²) in [7, 11) is -3.55. The van der Waals surface area contributed by atoms with Crippen molar-refractivity contribution in [1.82, 2.24) is 24.4 Å². The molecule has 1 fully saturated rings. The summed E-state index contributed by atoms with van der Waals surface area (Å²) in [6.45, 7) is 1.55. The summed E-state index contributed by atoms with van der Waals surface area (Å²) < 4.78 is 38.8. The van der Waals surface area contributed by atoms with Crippen LogP contribution in [0.15, 0.2) is 46.2 Å². The molecule has 2 aliphatic rings. The van der Waals surface area contributed by atoms with Gasteiger partial charge in [-0.25, -0.2) is 13.4 Å². The molecular formula is C20H21N5O4S. The van der Waals surface area contributed by atoms with Gasteiger partial charge in [-0.1, -0.05) is 5.16 Å². The first kappa shape index (κ1) is 19.1. The Morgan fingerprint density at radius 1 is 1.23 bits per heavy atom. The number of nitrogens with zero attached hydrogens (tertiary/aromatic N) is 5. The second-order valence-electron chi connectivity index (χ2n) is 7.55. The summed E-state index contributed by atoms with van der Waals surface area (Å²) in [6.07, 6.45) is 7.70. The van der Waals surface area contributed by atoms with Crippen LogP contribution in [0.5, 0.6) is 5.75 Å². The van der Waals surface area contributed by atoms with Crippen LogP contribution in [0.25, 0.3) is 11.5 Å². The van der Waals surface area contributed by atoms with Crippen LogP contribution >= 0.6 is 0 Å². The van der Waals surface area contributed by atoms with Crippen molar-refractivity contribution in [2.75, 3.05) is 19.7 Å². The maximum absolute atomic E-state index is 13.2. The van der Waals surface area contributed by atoms with E-state index in [2.05, 4.69) is 20.1 Å². The Bertz CT molecular complexity index is 1150. The maximum atomic E-state index is 13.2. The fourth-order valence-corrected chi connectivity index (χ4v) is 5.59. The topological polar surface area (TPSA) is 111 Å². The van der Waals surface area contributed by atoms with Gasteiger partial charge in [0.1, 0.15) is 11.4 Å². The van der Waals surface area contributed by atoms with Gasteiger partial charge in [0.05, 0.1) is 17.7 Å². The Labute approximate surface area is 174 Å². The van der Waals surface area contributed by atoms with E-state index in [0.29, 0.717) is 48.4 Å². The molecule has 0 amide bonds. The maximum Gasteiger partial charge on any atom is 0.243 e. The Balaban J connectivity index is 1.30. The number of ether oxygens (including phenoxy) is 1. The SMILES string of the molecule is O=S(=O)(c1ccc2c(c1)CCO2)N1CCC[C@H](Cc2nc(-c3cnccn3)no2)C1. The molecular weight excluding hydrogens is 406 g/mol. The van der Waals surface area contributed by atoms with E-state index in [1.807, 2.05) is 0 Å². The molecule has 9 nitrogen and oxygen atoms in total. The third-order valence-corrected chi connectivity index (χ3v) is 7.37. The van der Waals surface area contributed by atoms with Crippen molar-refractivity contribution in [3.05, 3.63) is 48.2 Å². The monoisotopic (exact) mass is 427 g/mol. The van der Waals surface area contributed by atoms with E-state index in [1.54, 1.807) is 41.1 Å². The van der Waals surface area contributed by atoms with Gasteiger partial charge in [-0.3, -0.25) is 4.98 Å². The number of hydrogen-bond acceptors (Lipinski definition) is 8. The van der Waals surface area contributed by atoms with Crippen LogP contribution in [0.2, 0.25) is 0 Å². The predicted molar refractivity (Wildman–Crippen MR) is 106 cm³/mol. The molecule has 2 aromatic heterocycles. The van der Waals surface area contributed by atoms with E-state index in [4.69, 9.17) is 9.26 Å². The molecule has 0 bridgehead atoms. The number of hydrogen-bond donors (Lipinski definition) is 0. The molecule has 0 spiro atoms. The molecule has 1 aromatic carbocycles. The van der Waals surface area contributed by atoms with E-state index in [1.165, 1.54) is 0 Å². The van der Waals surface area contributed by atoms with Crippen LogP contribution in [0.3, 0.4) is 0 Å². The van der Waals surface area contributed by atoms with Gasteiger partial charge >= 0.3 is 0 Å². The fourth-order valence-electron chi connectivity index (χ4n) is 3.99. The zero-order valence-electron chi connectivity index (χ0n) is 16.3. The molecule has 0 unspecified atom stereocenters. The van der Waals surface area contributed by atoms with Gasteiger partial charge in [-0.2, -0.15) is 9.29 Å². The minimum atomic E-state index is -3.55. The predicted octanol–water partition coefficient (Wildman–Crippen LogP) is 2.10. The van der Waals surface area contributed by atoms with Crippen molar-refractivity contribution in [2.45, 2.75) is 30.6 Å². The van der Waals surface area contributed by atoms with E-state index < -0.39 is 10.0 Å². The van der Waals surface area contributed by atoms with E-state index >= 15 is 0 Å². The Hall–Kier alpha value is -2.85. The molecule has 1 atom stereocenters. The first-order valence-electron chi connectivity index (χ1n) is 9.94. The second kappa shape index (κ2) is 7.77. The smallest absolute Gasteiger partial charge is 0.243 e. The minimum Gasteiger partial charge on any atom is -0.493 e. The molecule has 5 rings (SSSR count). The molecule has 4 heterocycles. The molecule has 0 saturated carbocycles. The Morgan fingerprint density at radius 2 is 2.17 bits per heavy atom. The number of sulfonamides is 1. The number of benzene rings is 1. The van der Waals surface area contributed by atoms with Gasteiger partial charge in [-0.15, -0.1) is 0 Å². The highest BCUT2D eigenvalue weighted by molar-refractivity contribution is 7.89. The number of rotatable bonds is 5. The number of piperidine rings is 1. The van der Waals surface area contributed by atoms with Crippen molar-refractivity contribution in [1.29, 1.82) is 0 Å². The van der Waals surface area contributed by atoms with Gasteiger partial charge < -0.3 is 9.26 Å². The number of fused-ring (bicyclic) bond motifs is 1. The highest BCUT2D eigenvalue weighted by atomic mass is 32.2. The molecule has 1 saturated heterocycles. The molecule has 156 valence electrons. The lowest BCUT2D eigenvalue weighted by atomic mass is 9.96. The lowest BCUT2D eigenvalue weighted by molar-refractivity contribution is 0.247. The third kappa shape index (κ3) is 3.68. The molecule has 3 aromatic rings. The zero-order valence-corrected chi connectivity index (χ0v) is 17.1. The molecule has 10 heteroatoms. The minimum absolute atomic E-state index is 0.112. The Morgan fingerprint density at radius 3 is 3.03 bits per heavy atom. The standard InChI is InChI=1S/C20H21N5O4S/c26-30(27,16-3-4-18-15(11-16)5-9-28-18)25-8-1-2-14(13-25)10-19-23-20(24-29-19)17-12-21-6-7-22-17/h3-4,6-7,11-12,14H,1-2,5,8-10,13H2/t14-/m1/s1. The largest absolute Gasteiger partial charge is 0.493 e. The van der Waals surface area contributed by atoms with Crippen LogP contribution in [0, 0.1) is 5.92 Å². The zero-order chi connectivity index (χ0) is 20.6. The van der Waals surface area contributed by atoms with Crippen molar-refractivity contribution in [3.8, 4) is 17.3 Å². The quantitative estimate of drug-likeness (QED) is 0.609. The number of aromatic nitrogens is 4. The highest BCUT2D eigenvalue weighted by Gasteiger charge is 2.32. The summed E-state index contributed by atoms with van der Waals surface area (Å²) in [5.41, 5.74) is 1.49. The van der Waals surface area contributed by atoms with Gasteiger partial charge in [-0.05, 0) is 42.5 Å². The summed E-state index contributed by atoms with van der Waals surface area (Å²) >= 11 is 0. The Kier molecular flexibility index (Phi) is 4.95. The van der Waals surface area contributed by atoms with Crippen molar-refractivity contribution < 1.29 is 17.7 Å². The van der Waals surface area contributed by atoms with Gasteiger partial charge in [0, 0.05) is 38.3 Å². The van der Waals surface area contributed by atoms with Crippen LogP contribution in [-0.4, -0.2) is 52.5 Å².